The van der Waals surface area contributed by atoms with Gasteiger partial charge in [-0.25, -0.2) is 4.39 Å². The Morgan fingerprint density at radius 2 is 1.96 bits per heavy atom. The van der Waals surface area contributed by atoms with Crippen LogP contribution in [-0.4, -0.2) is 57.2 Å². The number of aryl methyl sites for hydroxylation is 1. The Bertz CT molecular complexity index is 803. The molecule has 6 nitrogen and oxygen atoms in total. The molecule has 3 heterocycles. The lowest BCUT2D eigenvalue weighted by molar-refractivity contribution is -0.131. The van der Waals surface area contributed by atoms with Crippen molar-refractivity contribution in [3.8, 4) is 0 Å². The number of halogens is 1. The lowest BCUT2D eigenvalue weighted by Gasteiger charge is -2.22. The number of fused-ring (bicyclic) bond motifs is 1. The summed E-state index contributed by atoms with van der Waals surface area (Å²) in [6.07, 6.45) is 4.14. The van der Waals surface area contributed by atoms with E-state index in [2.05, 4.69) is 26.7 Å². The van der Waals surface area contributed by atoms with Gasteiger partial charge in [-0.15, -0.1) is 10.2 Å². The van der Waals surface area contributed by atoms with Crippen LogP contribution in [0.2, 0.25) is 0 Å². The minimum absolute atomic E-state index is 0.151. The van der Waals surface area contributed by atoms with Crippen LogP contribution in [0.5, 0.6) is 0 Å². The van der Waals surface area contributed by atoms with Gasteiger partial charge in [0.25, 0.3) is 0 Å². The molecule has 1 amide bonds. The molecule has 0 unspecified atom stereocenters. The van der Waals surface area contributed by atoms with Crippen LogP contribution in [-0.2, 0) is 24.2 Å². The molecule has 1 aromatic heterocycles. The predicted molar refractivity (Wildman–Crippen MR) is 99.6 cm³/mol. The average molecular weight is 371 g/mol. The number of carbonyl (C=O) groups is 1. The summed E-state index contributed by atoms with van der Waals surface area (Å²) in [6.45, 7) is 3.22. The number of carbonyl (C=O) groups excluding carboxylic acids is 1. The van der Waals surface area contributed by atoms with E-state index in [4.69, 9.17) is 0 Å². The van der Waals surface area contributed by atoms with Gasteiger partial charge in [0.05, 0.1) is 6.04 Å². The van der Waals surface area contributed by atoms with E-state index in [0.717, 1.165) is 43.1 Å². The number of benzene rings is 1. The summed E-state index contributed by atoms with van der Waals surface area (Å²) >= 11 is 0. The SMILES string of the molecule is CN1CCC[C@H]1c1nnc2n1CCN(C(=O)CCc1ccc(F)cc1)CC2. The number of amides is 1. The second-order valence-electron chi connectivity index (χ2n) is 7.52. The highest BCUT2D eigenvalue weighted by Crippen LogP contribution is 2.30. The largest absolute Gasteiger partial charge is 0.340 e. The predicted octanol–water partition coefficient (Wildman–Crippen LogP) is 2.20. The molecule has 1 saturated heterocycles. The van der Waals surface area contributed by atoms with Gasteiger partial charge < -0.3 is 9.47 Å². The molecule has 1 aromatic carbocycles. The topological polar surface area (TPSA) is 54.3 Å². The first-order chi connectivity index (χ1) is 13.1. The van der Waals surface area contributed by atoms with E-state index < -0.39 is 0 Å². The smallest absolute Gasteiger partial charge is 0.222 e. The second-order valence-corrected chi connectivity index (χ2v) is 7.52. The van der Waals surface area contributed by atoms with Crippen LogP contribution in [0.3, 0.4) is 0 Å². The average Bonchev–Trinajstić information content (AvgIpc) is 3.20. The van der Waals surface area contributed by atoms with Crippen molar-refractivity contribution >= 4 is 5.91 Å². The number of aromatic nitrogens is 3. The minimum Gasteiger partial charge on any atom is -0.340 e. The summed E-state index contributed by atoms with van der Waals surface area (Å²) in [7, 11) is 2.14. The van der Waals surface area contributed by atoms with E-state index in [1.165, 1.54) is 18.6 Å². The highest BCUT2D eigenvalue weighted by Gasteiger charge is 2.30. The maximum Gasteiger partial charge on any atom is 0.222 e. The van der Waals surface area contributed by atoms with Gasteiger partial charge in [0.15, 0.2) is 0 Å². The lowest BCUT2D eigenvalue weighted by atomic mass is 10.1. The standard InChI is InChI=1S/C20H26FN5O/c1-24-11-2-3-17(24)20-23-22-18-10-12-25(13-14-26(18)20)19(27)9-6-15-4-7-16(21)8-5-15/h4-5,7-8,17H,2-3,6,9-14H2,1H3/t17-/m0/s1. The van der Waals surface area contributed by atoms with Crippen LogP contribution in [0.4, 0.5) is 4.39 Å². The molecule has 0 N–H and O–H groups in total. The van der Waals surface area contributed by atoms with E-state index in [1.807, 2.05) is 4.90 Å². The third-order valence-electron chi connectivity index (χ3n) is 5.77. The second kappa shape index (κ2) is 7.76. The van der Waals surface area contributed by atoms with Crippen molar-refractivity contribution in [3.05, 3.63) is 47.3 Å². The Morgan fingerprint density at radius 3 is 2.70 bits per heavy atom. The van der Waals surface area contributed by atoms with Crippen molar-refractivity contribution in [3.63, 3.8) is 0 Å². The van der Waals surface area contributed by atoms with Gasteiger partial charge in [0, 0.05) is 32.5 Å². The van der Waals surface area contributed by atoms with Gasteiger partial charge >= 0.3 is 0 Å². The van der Waals surface area contributed by atoms with Gasteiger partial charge in [0.1, 0.15) is 17.5 Å². The fourth-order valence-electron chi connectivity index (χ4n) is 4.14. The molecule has 2 aromatic rings. The summed E-state index contributed by atoms with van der Waals surface area (Å²) in [5.74, 6) is 1.94. The first-order valence-electron chi connectivity index (χ1n) is 9.76. The van der Waals surface area contributed by atoms with Gasteiger partial charge in [-0.3, -0.25) is 9.69 Å². The maximum absolute atomic E-state index is 13.0. The molecule has 0 bridgehead atoms. The molecule has 0 aliphatic carbocycles. The molecule has 0 spiro atoms. The van der Waals surface area contributed by atoms with Crippen LogP contribution in [0.15, 0.2) is 24.3 Å². The number of hydrogen-bond donors (Lipinski definition) is 0. The molecule has 0 radical (unpaired) electrons. The minimum atomic E-state index is -0.246. The molecule has 2 aliphatic heterocycles. The third kappa shape index (κ3) is 3.88. The number of hydrogen-bond acceptors (Lipinski definition) is 4. The van der Waals surface area contributed by atoms with Crippen molar-refractivity contribution in [2.75, 3.05) is 26.7 Å². The van der Waals surface area contributed by atoms with E-state index >= 15 is 0 Å². The van der Waals surface area contributed by atoms with E-state index in [-0.39, 0.29) is 11.7 Å². The maximum atomic E-state index is 13.0. The summed E-state index contributed by atoms with van der Waals surface area (Å²) < 4.78 is 15.2. The van der Waals surface area contributed by atoms with Crippen LogP contribution < -0.4 is 0 Å². The van der Waals surface area contributed by atoms with Crippen molar-refractivity contribution in [2.45, 2.75) is 44.7 Å². The quantitative estimate of drug-likeness (QED) is 0.827. The molecule has 27 heavy (non-hydrogen) atoms. The summed E-state index contributed by atoms with van der Waals surface area (Å²) in [5.41, 5.74) is 0.989. The zero-order valence-corrected chi connectivity index (χ0v) is 15.8. The number of likely N-dealkylation sites (tertiary alicyclic amines) is 1. The van der Waals surface area contributed by atoms with Crippen LogP contribution in [0.1, 0.15) is 42.5 Å². The first-order valence-corrected chi connectivity index (χ1v) is 9.76. The molecule has 7 heteroatoms. The van der Waals surface area contributed by atoms with Crippen molar-refractivity contribution in [2.24, 2.45) is 0 Å². The number of rotatable bonds is 4. The normalized spacial score (nSPS) is 20.5. The van der Waals surface area contributed by atoms with Crippen LogP contribution in [0, 0.1) is 5.82 Å². The Labute approximate surface area is 159 Å². The Balaban J connectivity index is 1.37. The highest BCUT2D eigenvalue weighted by molar-refractivity contribution is 5.76. The van der Waals surface area contributed by atoms with Crippen LogP contribution in [0.25, 0.3) is 0 Å². The van der Waals surface area contributed by atoms with Gasteiger partial charge in [-0.1, -0.05) is 12.1 Å². The summed E-state index contributed by atoms with van der Waals surface area (Å²) in [4.78, 5) is 16.9. The first kappa shape index (κ1) is 18.1. The molecular weight excluding hydrogens is 345 g/mol. The van der Waals surface area contributed by atoms with Gasteiger partial charge in [0.2, 0.25) is 5.91 Å². The van der Waals surface area contributed by atoms with Crippen LogP contribution >= 0.6 is 0 Å². The lowest BCUT2D eigenvalue weighted by Crippen LogP contribution is -2.34. The monoisotopic (exact) mass is 371 g/mol. The highest BCUT2D eigenvalue weighted by atomic mass is 19.1. The molecule has 0 saturated carbocycles. The van der Waals surface area contributed by atoms with E-state index in [0.29, 0.717) is 32.0 Å². The molecule has 4 rings (SSSR count). The fourth-order valence-corrected chi connectivity index (χ4v) is 4.14. The molecule has 1 fully saturated rings. The van der Waals surface area contributed by atoms with E-state index in [9.17, 15) is 9.18 Å². The number of nitrogens with zero attached hydrogens (tertiary/aromatic N) is 5. The van der Waals surface area contributed by atoms with Gasteiger partial charge in [-0.2, -0.15) is 0 Å². The van der Waals surface area contributed by atoms with Crippen molar-refractivity contribution in [1.82, 2.24) is 24.6 Å². The Kier molecular flexibility index (Phi) is 5.20. The molecular formula is C20H26FN5O. The molecule has 1 atom stereocenters. The van der Waals surface area contributed by atoms with Crippen molar-refractivity contribution < 1.29 is 9.18 Å². The molecule has 144 valence electrons. The zero-order valence-electron chi connectivity index (χ0n) is 15.8. The summed E-state index contributed by atoms with van der Waals surface area (Å²) in [6, 6.07) is 6.72. The van der Waals surface area contributed by atoms with Crippen molar-refractivity contribution in [1.29, 1.82) is 0 Å². The summed E-state index contributed by atoms with van der Waals surface area (Å²) in [5, 5.41) is 8.87. The molecule has 2 aliphatic rings. The fraction of sp³-hybridized carbons (Fsp3) is 0.550. The Hall–Kier alpha value is -2.28. The van der Waals surface area contributed by atoms with E-state index in [1.54, 1.807) is 12.1 Å². The zero-order chi connectivity index (χ0) is 18.8. The third-order valence-corrected chi connectivity index (χ3v) is 5.77. The van der Waals surface area contributed by atoms with Gasteiger partial charge in [-0.05, 0) is 50.6 Å². The Morgan fingerprint density at radius 1 is 1.15 bits per heavy atom.